The van der Waals surface area contributed by atoms with Crippen molar-refractivity contribution < 1.29 is 9.53 Å². The lowest BCUT2D eigenvalue weighted by Crippen LogP contribution is -2.24. The smallest absolute Gasteiger partial charge is 0.308 e. The first-order valence-electron chi connectivity index (χ1n) is 7.79. The van der Waals surface area contributed by atoms with Gasteiger partial charge in [-0.15, -0.1) is 0 Å². The lowest BCUT2D eigenvalue weighted by molar-refractivity contribution is -0.131. The number of carbonyl (C=O) groups is 1. The van der Waals surface area contributed by atoms with Gasteiger partial charge in [0, 0.05) is 25.9 Å². The van der Waals surface area contributed by atoms with Crippen molar-refractivity contribution in [2.24, 2.45) is 0 Å². The van der Waals surface area contributed by atoms with E-state index in [4.69, 9.17) is 16.3 Å². The molecule has 1 aliphatic rings. The van der Waals surface area contributed by atoms with Crippen LogP contribution < -0.4 is 4.74 Å². The number of nitrogens with zero attached hydrogens (tertiary/aromatic N) is 1. The minimum absolute atomic E-state index is 0.241. The quantitative estimate of drug-likeness (QED) is 0.618. The van der Waals surface area contributed by atoms with Gasteiger partial charge in [-0.05, 0) is 42.3 Å². The van der Waals surface area contributed by atoms with E-state index in [1.54, 1.807) is 0 Å². The van der Waals surface area contributed by atoms with E-state index >= 15 is 0 Å². The third kappa shape index (κ3) is 3.57. The maximum absolute atomic E-state index is 11.3. The zero-order valence-electron chi connectivity index (χ0n) is 13.4. The van der Waals surface area contributed by atoms with Crippen LogP contribution in [0, 0.1) is 0 Å². The molecule has 1 atom stereocenters. The molecule has 0 fully saturated rings. The number of fused-ring (bicyclic) bond motifs is 1. The predicted octanol–water partition coefficient (Wildman–Crippen LogP) is 3.89. The van der Waals surface area contributed by atoms with Gasteiger partial charge in [0.05, 0.1) is 5.02 Å². The normalized spacial score (nSPS) is 18.1. The van der Waals surface area contributed by atoms with E-state index in [1.165, 1.54) is 23.6 Å². The second kappa shape index (κ2) is 6.73. The Morgan fingerprint density at radius 1 is 1.26 bits per heavy atom. The molecule has 23 heavy (non-hydrogen) atoms. The molecule has 2 aromatic rings. The van der Waals surface area contributed by atoms with E-state index in [9.17, 15) is 4.79 Å². The van der Waals surface area contributed by atoms with Gasteiger partial charge in [-0.3, -0.25) is 4.79 Å². The number of rotatable bonds is 2. The number of esters is 1. The molecule has 0 spiro atoms. The van der Waals surface area contributed by atoms with Crippen molar-refractivity contribution in [1.29, 1.82) is 0 Å². The van der Waals surface area contributed by atoms with Crippen molar-refractivity contribution >= 4 is 17.6 Å². The minimum Gasteiger partial charge on any atom is -0.425 e. The van der Waals surface area contributed by atoms with Crippen LogP contribution in [0.4, 0.5) is 0 Å². The molecule has 0 saturated carbocycles. The largest absolute Gasteiger partial charge is 0.425 e. The monoisotopic (exact) mass is 329 g/mol. The van der Waals surface area contributed by atoms with E-state index in [0.717, 1.165) is 19.5 Å². The average molecular weight is 330 g/mol. The van der Waals surface area contributed by atoms with Crippen molar-refractivity contribution in [1.82, 2.24) is 4.90 Å². The molecule has 0 amide bonds. The predicted molar refractivity (Wildman–Crippen MR) is 92.2 cm³/mol. The van der Waals surface area contributed by atoms with Crippen molar-refractivity contribution in [3.63, 3.8) is 0 Å². The molecular weight excluding hydrogens is 310 g/mol. The van der Waals surface area contributed by atoms with Gasteiger partial charge in [-0.25, -0.2) is 0 Å². The highest BCUT2D eigenvalue weighted by Gasteiger charge is 2.24. The number of ether oxygens (including phenoxy) is 1. The first kappa shape index (κ1) is 16.0. The maximum atomic E-state index is 11.3. The van der Waals surface area contributed by atoms with Gasteiger partial charge in [0.25, 0.3) is 0 Å². The Hall–Kier alpha value is -1.84. The van der Waals surface area contributed by atoms with E-state index < -0.39 is 0 Å². The second-order valence-electron chi connectivity index (χ2n) is 6.05. The van der Waals surface area contributed by atoms with Crippen molar-refractivity contribution in [2.45, 2.75) is 19.3 Å². The Bertz CT molecular complexity index is 715. The summed E-state index contributed by atoms with van der Waals surface area (Å²) in [6, 6.07) is 14.3. The van der Waals surface area contributed by atoms with Gasteiger partial charge in [-0.1, -0.05) is 41.9 Å². The van der Waals surface area contributed by atoms with E-state index in [2.05, 4.69) is 36.2 Å². The fraction of sp³-hybridized carbons (Fsp3) is 0.316. The van der Waals surface area contributed by atoms with E-state index in [1.807, 2.05) is 18.2 Å². The highest BCUT2D eigenvalue weighted by atomic mass is 35.5. The maximum Gasteiger partial charge on any atom is 0.308 e. The topological polar surface area (TPSA) is 29.5 Å². The summed E-state index contributed by atoms with van der Waals surface area (Å²) < 4.78 is 5.28. The molecule has 4 heteroatoms. The SMILES string of the molecule is CC(=O)Oc1cc2c(cc1Cl)CCN(C)C[C@H]2c1ccccc1. The Morgan fingerprint density at radius 2 is 2.00 bits per heavy atom. The molecule has 0 bridgehead atoms. The lowest BCUT2D eigenvalue weighted by Gasteiger charge is -2.22. The molecule has 120 valence electrons. The van der Waals surface area contributed by atoms with Crippen LogP contribution in [-0.2, 0) is 11.2 Å². The van der Waals surface area contributed by atoms with Crippen LogP contribution in [0.25, 0.3) is 0 Å². The van der Waals surface area contributed by atoms with Gasteiger partial charge in [0.1, 0.15) is 5.75 Å². The number of hydrogen-bond acceptors (Lipinski definition) is 3. The van der Waals surface area contributed by atoms with Crippen LogP contribution in [0.3, 0.4) is 0 Å². The Kier molecular flexibility index (Phi) is 4.69. The van der Waals surface area contributed by atoms with Crippen molar-refractivity contribution in [3.05, 3.63) is 64.2 Å². The van der Waals surface area contributed by atoms with E-state index in [-0.39, 0.29) is 11.9 Å². The highest BCUT2D eigenvalue weighted by molar-refractivity contribution is 6.32. The Balaban J connectivity index is 2.10. The molecule has 0 unspecified atom stereocenters. The molecule has 1 heterocycles. The van der Waals surface area contributed by atoms with Crippen LogP contribution in [0.15, 0.2) is 42.5 Å². The summed E-state index contributed by atoms with van der Waals surface area (Å²) >= 11 is 6.30. The van der Waals surface area contributed by atoms with E-state index in [0.29, 0.717) is 10.8 Å². The molecule has 0 radical (unpaired) electrons. The molecule has 1 aliphatic heterocycles. The van der Waals surface area contributed by atoms with Crippen molar-refractivity contribution in [3.8, 4) is 5.75 Å². The molecule has 0 aliphatic carbocycles. The molecule has 0 N–H and O–H groups in total. The summed E-state index contributed by atoms with van der Waals surface area (Å²) in [5, 5.41) is 0.496. The molecule has 3 nitrogen and oxygen atoms in total. The summed E-state index contributed by atoms with van der Waals surface area (Å²) in [6.45, 7) is 3.31. The standard InChI is InChI=1S/C19H20ClNO2/c1-13(22)23-19-11-16-15(10-18(19)20)8-9-21(2)12-17(16)14-6-4-3-5-7-14/h3-7,10-11,17H,8-9,12H2,1-2H3/t17-/m0/s1. The lowest BCUT2D eigenvalue weighted by atomic mass is 9.88. The van der Waals surface area contributed by atoms with Gasteiger partial charge < -0.3 is 9.64 Å². The van der Waals surface area contributed by atoms with Gasteiger partial charge in [0.15, 0.2) is 0 Å². The van der Waals surface area contributed by atoms with Crippen molar-refractivity contribution in [2.75, 3.05) is 20.1 Å². The average Bonchev–Trinajstić information content (AvgIpc) is 2.68. The molecule has 0 aromatic heterocycles. The number of hydrogen-bond donors (Lipinski definition) is 0. The summed E-state index contributed by atoms with van der Waals surface area (Å²) in [7, 11) is 2.14. The van der Waals surface area contributed by atoms with Crippen LogP contribution in [0.2, 0.25) is 5.02 Å². The minimum atomic E-state index is -0.353. The fourth-order valence-electron chi connectivity index (χ4n) is 3.17. The third-order valence-electron chi connectivity index (χ3n) is 4.28. The molecule has 3 rings (SSSR count). The van der Waals surface area contributed by atoms with Crippen LogP contribution in [0.5, 0.6) is 5.75 Å². The van der Waals surface area contributed by atoms with Crippen LogP contribution in [0.1, 0.15) is 29.5 Å². The third-order valence-corrected chi connectivity index (χ3v) is 4.58. The highest BCUT2D eigenvalue weighted by Crippen LogP contribution is 2.37. The zero-order valence-corrected chi connectivity index (χ0v) is 14.1. The van der Waals surface area contributed by atoms with Gasteiger partial charge in [0.2, 0.25) is 0 Å². The number of likely N-dealkylation sites (N-methyl/N-ethyl adjacent to an activating group) is 1. The molecule has 0 saturated heterocycles. The fourth-order valence-corrected chi connectivity index (χ4v) is 3.39. The van der Waals surface area contributed by atoms with Crippen LogP contribution in [-0.4, -0.2) is 31.0 Å². The number of carbonyl (C=O) groups excluding carboxylic acids is 1. The van der Waals surface area contributed by atoms with Gasteiger partial charge >= 0.3 is 5.97 Å². The summed E-state index contributed by atoms with van der Waals surface area (Å²) in [6.07, 6.45) is 0.940. The summed E-state index contributed by atoms with van der Waals surface area (Å²) in [4.78, 5) is 13.6. The Labute approximate surface area is 141 Å². The zero-order chi connectivity index (χ0) is 16.4. The molecule has 2 aromatic carbocycles. The number of benzene rings is 2. The first-order valence-corrected chi connectivity index (χ1v) is 8.16. The summed E-state index contributed by atoms with van der Waals surface area (Å²) in [5.74, 6) is 0.336. The Morgan fingerprint density at radius 3 is 2.70 bits per heavy atom. The number of halogens is 1. The first-order chi connectivity index (χ1) is 11.0. The van der Waals surface area contributed by atoms with Crippen LogP contribution >= 0.6 is 11.6 Å². The second-order valence-corrected chi connectivity index (χ2v) is 6.46. The summed E-state index contributed by atoms with van der Waals surface area (Å²) in [5.41, 5.74) is 3.68. The molecular formula is C19H20ClNO2. The van der Waals surface area contributed by atoms with Gasteiger partial charge in [-0.2, -0.15) is 0 Å².